The van der Waals surface area contributed by atoms with Gasteiger partial charge in [-0.15, -0.1) is 0 Å². The number of likely N-dealkylation sites (tertiary alicyclic amines) is 1. The SMILES string of the molecule is O=C(CNc1ccccc1)Nc1cccc(C(=O)N2CCCCCC2)c1. The molecule has 0 unspecified atom stereocenters. The molecule has 1 heterocycles. The monoisotopic (exact) mass is 351 g/mol. The van der Waals surface area contributed by atoms with Gasteiger partial charge in [-0.05, 0) is 43.2 Å². The summed E-state index contributed by atoms with van der Waals surface area (Å²) in [5, 5.41) is 5.92. The van der Waals surface area contributed by atoms with Crippen LogP contribution in [-0.2, 0) is 4.79 Å². The number of carbonyl (C=O) groups is 2. The summed E-state index contributed by atoms with van der Waals surface area (Å²) in [6.07, 6.45) is 4.50. The van der Waals surface area contributed by atoms with E-state index in [1.807, 2.05) is 47.4 Å². The van der Waals surface area contributed by atoms with Crippen molar-refractivity contribution in [3.63, 3.8) is 0 Å². The Balaban J connectivity index is 1.58. The Morgan fingerprint density at radius 3 is 2.27 bits per heavy atom. The number of amides is 2. The van der Waals surface area contributed by atoms with Crippen LogP contribution >= 0.6 is 0 Å². The zero-order chi connectivity index (χ0) is 18.2. The fourth-order valence-electron chi connectivity index (χ4n) is 3.13. The van der Waals surface area contributed by atoms with Gasteiger partial charge in [-0.3, -0.25) is 9.59 Å². The van der Waals surface area contributed by atoms with E-state index < -0.39 is 0 Å². The van der Waals surface area contributed by atoms with Gasteiger partial charge in [0.15, 0.2) is 0 Å². The standard InChI is InChI=1S/C21H25N3O2/c25-20(16-22-18-10-4-3-5-11-18)23-19-12-8-9-17(15-19)21(26)24-13-6-1-2-7-14-24/h3-5,8-12,15,22H,1-2,6-7,13-14,16H2,(H,23,25). The lowest BCUT2D eigenvalue weighted by Gasteiger charge is -2.20. The number of anilines is 2. The zero-order valence-corrected chi connectivity index (χ0v) is 14.9. The first-order chi connectivity index (χ1) is 12.7. The number of nitrogens with zero attached hydrogens (tertiary/aromatic N) is 1. The average molecular weight is 351 g/mol. The summed E-state index contributed by atoms with van der Waals surface area (Å²) >= 11 is 0. The van der Waals surface area contributed by atoms with Crippen LogP contribution < -0.4 is 10.6 Å². The van der Waals surface area contributed by atoms with E-state index >= 15 is 0 Å². The molecule has 0 aliphatic carbocycles. The minimum atomic E-state index is -0.145. The summed E-state index contributed by atoms with van der Waals surface area (Å²) < 4.78 is 0. The van der Waals surface area contributed by atoms with Crippen molar-refractivity contribution in [2.45, 2.75) is 25.7 Å². The van der Waals surface area contributed by atoms with Gasteiger partial charge in [0, 0.05) is 30.0 Å². The van der Waals surface area contributed by atoms with Crippen molar-refractivity contribution < 1.29 is 9.59 Å². The zero-order valence-electron chi connectivity index (χ0n) is 14.9. The van der Waals surface area contributed by atoms with Crippen LogP contribution in [-0.4, -0.2) is 36.3 Å². The Bertz CT molecular complexity index is 738. The molecular formula is C21H25N3O2. The van der Waals surface area contributed by atoms with Crippen LogP contribution in [0.2, 0.25) is 0 Å². The molecule has 1 fully saturated rings. The van der Waals surface area contributed by atoms with Gasteiger partial charge in [0.25, 0.3) is 5.91 Å². The molecule has 5 heteroatoms. The number of nitrogens with one attached hydrogen (secondary N) is 2. The average Bonchev–Trinajstić information content (AvgIpc) is 2.96. The molecule has 2 aromatic carbocycles. The first-order valence-corrected chi connectivity index (χ1v) is 9.20. The van der Waals surface area contributed by atoms with E-state index in [9.17, 15) is 9.59 Å². The Labute approximate surface area is 154 Å². The smallest absolute Gasteiger partial charge is 0.253 e. The van der Waals surface area contributed by atoms with E-state index in [1.165, 1.54) is 12.8 Å². The molecule has 2 aromatic rings. The highest BCUT2D eigenvalue weighted by Gasteiger charge is 2.17. The van der Waals surface area contributed by atoms with Crippen LogP contribution in [0.3, 0.4) is 0 Å². The predicted octanol–water partition coefficient (Wildman–Crippen LogP) is 3.75. The quantitative estimate of drug-likeness (QED) is 0.862. The van der Waals surface area contributed by atoms with E-state index in [0.29, 0.717) is 11.3 Å². The van der Waals surface area contributed by atoms with Gasteiger partial charge in [-0.2, -0.15) is 0 Å². The Morgan fingerprint density at radius 2 is 1.54 bits per heavy atom. The molecule has 2 amide bonds. The largest absolute Gasteiger partial charge is 0.376 e. The first-order valence-electron chi connectivity index (χ1n) is 9.20. The predicted molar refractivity (Wildman–Crippen MR) is 104 cm³/mol. The molecule has 5 nitrogen and oxygen atoms in total. The topological polar surface area (TPSA) is 61.4 Å². The highest BCUT2D eigenvalue weighted by atomic mass is 16.2. The fraction of sp³-hybridized carbons (Fsp3) is 0.333. The van der Waals surface area contributed by atoms with Gasteiger partial charge in [0.05, 0.1) is 6.54 Å². The molecule has 0 bridgehead atoms. The number of rotatable bonds is 5. The maximum atomic E-state index is 12.7. The summed E-state index contributed by atoms with van der Waals surface area (Å²) in [5.74, 6) is -0.0985. The molecule has 1 saturated heterocycles. The highest BCUT2D eigenvalue weighted by molar-refractivity contribution is 5.98. The molecular weight excluding hydrogens is 326 g/mol. The maximum absolute atomic E-state index is 12.7. The van der Waals surface area contributed by atoms with Crippen LogP contribution in [0.15, 0.2) is 54.6 Å². The van der Waals surface area contributed by atoms with Gasteiger partial charge < -0.3 is 15.5 Å². The van der Waals surface area contributed by atoms with Crippen LogP contribution in [0.5, 0.6) is 0 Å². The number of benzene rings is 2. The molecule has 1 aliphatic heterocycles. The number of carbonyl (C=O) groups excluding carboxylic acids is 2. The van der Waals surface area contributed by atoms with Crippen LogP contribution in [0.4, 0.5) is 11.4 Å². The summed E-state index contributed by atoms with van der Waals surface area (Å²) in [5.41, 5.74) is 2.17. The lowest BCUT2D eigenvalue weighted by molar-refractivity contribution is -0.114. The van der Waals surface area contributed by atoms with E-state index in [4.69, 9.17) is 0 Å². The second kappa shape index (κ2) is 9.04. The molecule has 1 aliphatic rings. The van der Waals surface area contributed by atoms with Gasteiger partial charge in [0.1, 0.15) is 0 Å². The van der Waals surface area contributed by atoms with Crippen LogP contribution in [0.25, 0.3) is 0 Å². The van der Waals surface area contributed by atoms with Crippen molar-refractivity contribution in [1.82, 2.24) is 4.90 Å². The lowest BCUT2D eigenvalue weighted by Crippen LogP contribution is -2.31. The van der Waals surface area contributed by atoms with E-state index in [0.717, 1.165) is 31.6 Å². The molecule has 26 heavy (non-hydrogen) atoms. The normalized spacial score (nSPS) is 14.4. The van der Waals surface area contributed by atoms with Crippen molar-refractivity contribution in [3.05, 3.63) is 60.2 Å². The molecule has 0 spiro atoms. The van der Waals surface area contributed by atoms with Crippen LogP contribution in [0, 0.1) is 0 Å². The number of hydrogen-bond acceptors (Lipinski definition) is 3. The molecule has 3 rings (SSSR count). The van der Waals surface area contributed by atoms with Gasteiger partial charge >= 0.3 is 0 Å². The van der Waals surface area contributed by atoms with Crippen molar-refractivity contribution in [3.8, 4) is 0 Å². The molecule has 0 aromatic heterocycles. The van der Waals surface area contributed by atoms with Gasteiger partial charge in [-0.25, -0.2) is 0 Å². The van der Waals surface area contributed by atoms with E-state index in [-0.39, 0.29) is 18.4 Å². The number of para-hydroxylation sites is 1. The molecule has 2 N–H and O–H groups in total. The van der Waals surface area contributed by atoms with Gasteiger partial charge in [0.2, 0.25) is 5.91 Å². The first kappa shape index (κ1) is 18.0. The van der Waals surface area contributed by atoms with Crippen molar-refractivity contribution >= 4 is 23.2 Å². The molecule has 0 atom stereocenters. The summed E-state index contributed by atoms with van der Waals surface area (Å²) in [6.45, 7) is 1.81. The van der Waals surface area contributed by atoms with Gasteiger partial charge in [-0.1, -0.05) is 37.1 Å². The lowest BCUT2D eigenvalue weighted by atomic mass is 10.1. The highest BCUT2D eigenvalue weighted by Crippen LogP contribution is 2.16. The molecule has 136 valence electrons. The summed E-state index contributed by atoms with van der Waals surface area (Å²) in [4.78, 5) is 26.8. The second-order valence-electron chi connectivity index (χ2n) is 6.55. The third-order valence-electron chi connectivity index (χ3n) is 4.51. The Hall–Kier alpha value is -2.82. The third kappa shape index (κ3) is 5.09. The summed E-state index contributed by atoms with van der Waals surface area (Å²) in [6, 6.07) is 16.8. The second-order valence-corrected chi connectivity index (χ2v) is 6.55. The molecule has 0 radical (unpaired) electrons. The Kier molecular flexibility index (Phi) is 6.25. The molecule has 0 saturated carbocycles. The Morgan fingerprint density at radius 1 is 0.846 bits per heavy atom. The van der Waals surface area contributed by atoms with E-state index in [2.05, 4.69) is 10.6 Å². The maximum Gasteiger partial charge on any atom is 0.253 e. The minimum Gasteiger partial charge on any atom is -0.376 e. The fourth-order valence-corrected chi connectivity index (χ4v) is 3.13. The van der Waals surface area contributed by atoms with Crippen molar-refractivity contribution in [2.75, 3.05) is 30.3 Å². The summed E-state index contributed by atoms with van der Waals surface area (Å²) in [7, 11) is 0. The number of hydrogen-bond donors (Lipinski definition) is 2. The third-order valence-corrected chi connectivity index (χ3v) is 4.51. The van der Waals surface area contributed by atoms with Crippen LogP contribution in [0.1, 0.15) is 36.0 Å². The minimum absolute atomic E-state index is 0.0467. The van der Waals surface area contributed by atoms with Crippen molar-refractivity contribution in [2.24, 2.45) is 0 Å². The van der Waals surface area contributed by atoms with Crippen molar-refractivity contribution in [1.29, 1.82) is 0 Å². The van der Waals surface area contributed by atoms with E-state index in [1.54, 1.807) is 12.1 Å².